The number of hydrogen-bond acceptors (Lipinski definition) is 9. The number of nitrogens with one attached hydrogen (secondary N) is 4. The number of piperidine rings is 1. The van der Waals surface area contributed by atoms with E-state index >= 15 is 0 Å². The Bertz CT molecular complexity index is 1250. The van der Waals surface area contributed by atoms with Crippen molar-refractivity contribution in [1.82, 2.24) is 20.8 Å². The van der Waals surface area contributed by atoms with Gasteiger partial charge in [-0.3, -0.25) is 14.6 Å². The zero-order valence-electron chi connectivity index (χ0n) is 20.1. The van der Waals surface area contributed by atoms with Crippen LogP contribution in [0.25, 0.3) is 0 Å². The summed E-state index contributed by atoms with van der Waals surface area (Å²) in [5.74, 6) is -1.12. The Kier molecular flexibility index (Phi) is 8.56. The third kappa shape index (κ3) is 7.17. The summed E-state index contributed by atoms with van der Waals surface area (Å²) in [6, 6.07) is 12.0. The molecule has 0 unspecified atom stereocenters. The number of carbonyl (C=O) groups excluding carboxylic acids is 2. The monoisotopic (exact) mass is 532 g/mol. The van der Waals surface area contributed by atoms with Gasteiger partial charge in [0.25, 0.3) is 15.9 Å². The molecule has 0 aromatic heterocycles. The van der Waals surface area contributed by atoms with E-state index in [1.165, 1.54) is 36.4 Å². The number of sulfonamides is 1. The molecule has 0 aliphatic carbocycles. The molecule has 2 aromatic rings. The van der Waals surface area contributed by atoms with Gasteiger partial charge in [0.15, 0.2) is 5.96 Å². The molecule has 13 heteroatoms. The van der Waals surface area contributed by atoms with Gasteiger partial charge in [-0.1, -0.05) is 18.2 Å². The number of benzene rings is 2. The average Bonchev–Trinajstić information content (AvgIpc) is 3.42. The van der Waals surface area contributed by atoms with Gasteiger partial charge in [-0.25, -0.2) is 12.8 Å². The fourth-order valence-electron chi connectivity index (χ4n) is 4.04. The highest BCUT2D eigenvalue weighted by atomic mass is 32.2. The van der Waals surface area contributed by atoms with Gasteiger partial charge >= 0.3 is 5.97 Å². The maximum Gasteiger partial charge on any atom is 0.327 e. The summed E-state index contributed by atoms with van der Waals surface area (Å²) in [6.07, 6.45) is 1.38. The predicted octanol–water partition coefficient (Wildman–Crippen LogP) is 0.900. The van der Waals surface area contributed by atoms with Gasteiger partial charge in [-0.2, -0.15) is 0 Å². The zero-order valence-corrected chi connectivity index (χ0v) is 20.9. The molecule has 2 heterocycles. The van der Waals surface area contributed by atoms with Crippen LogP contribution < -0.4 is 25.7 Å². The van der Waals surface area contributed by atoms with E-state index in [1.807, 2.05) is 4.90 Å². The van der Waals surface area contributed by atoms with Crippen LogP contribution in [0.15, 0.2) is 58.4 Å². The van der Waals surface area contributed by atoms with E-state index in [2.05, 4.69) is 25.8 Å². The van der Waals surface area contributed by atoms with Gasteiger partial charge in [0.1, 0.15) is 5.82 Å². The number of guanidine groups is 1. The second kappa shape index (κ2) is 12.0. The van der Waals surface area contributed by atoms with Gasteiger partial charge in [-0.05, 0) is 48.1 Å². The number of amides is 1. The molecule has 11 nitrogen and oxygen atoms in total. The number of nitrogens with zero attached hydrogens (tertiary/aromatic N) is 2. The minimum Gasteiger partial charge on any atom is -0.369 e. The second-order valence-electron chi connectivity index (χ2n) is 8.61. The lowest BCUT2D eigenvalue weighted by molar-refractivity contribution is -0.146. The molecule has 0 saturated carbocycles. The fourth-order valence-corrected chi connectivity index (χ4v) is 4.85. The summed E-state index contributed by atoms with van der Waals surface area (Å²) in [6.45, 7) is 2.83. The Hall–Kier alpha value is -3.71. The molecular weight excluding hydrogens is 503 g/mol. The normalized spacial score (nSPS) is 16.0. The molecule has 1 saturated heterocycles. The number of hydrogen-bond donors (Lipinski definition) is 4. The Morgan fingerprint density at radius 3 is 2.57 bits per heavy atom. The number of rotatable bonds is 9. The standard InChI is InChI=1S/C24H29FN6O5S/c25-20-16-17(6-7-21(20)31-14-9-18(10-15-31)29-24-27-12-13-28-24)23(33)26-11-8-22(32)36-30-37(34,35)19-4-2-1-3-5-19/h1-7,16,18,30H,8-15H2,(H,26,33)(H2,27,28,29). The van der Waals surface area contributed by atoms with E-state index < -0.39 is 27.7 Å². The molecule has 4 N–H and O–H groups in total. The van der Waals surface area contributed by atoms with E-state index in [9.17, 15) is 22.4 Å². The number of carbonyl (C=O) groups is 2. The molecule has 0 spiro atoms. The number of anilines is 1. The van der Waals surface area contributed by atoms with Crippen molar-refractivity contribution in [2.75, 3.05) is 37.6 Å². The number of halogens is 1. The van der Waals surface area contributed by atoms with Crippen molar-refractivity contribution in [2.45, 2.75) is 30.2 Å². The highest BCUT2D eigenvalue weighted by Crippen LogP contribution is 2.24. The lowest BCUT2D eigenvalue weighted by atomic mass is 10.0. The minimum atomic E-state index is -4.00. The van der Waals surface area contributed by atoms with Crippen LogP contribution in [-0.4, -0.2) is 65.0 Å². The van der Waals surface area contributed by atoms with Gasteiger partial charge < -0.3 is 25.7 Å². The van der Waals surface area contributed by atoms with Crippen LogP contribution in [0.1, 0.15) is 29.6 Å². The maximum atomic E-state index is 14.8. The van der Waals surface area contributed by atoms with Crippen molar-refractivity contribution < 1.29 is 27.2 Å². The molecule has 198 valence electrons. The van der Waals surface area contributed by atoms with Crippen molar-refractivity contribution in [1.29, 1.82) is 0 Å². The molecule has 2 aliphatic rings. The van der Waals surface area contributed by atoms with Gasteiger partial charge in [0.2, 0.25) is 0 Å². The summed E-state index contributed by atoms with van der Waals surface area (Å²) in [5, 5.41) is 9.07. The second-order valence-corrected chi connectivity index (χ2v) is 10.3. The van der Waals surface area contributed by atoms with Crippen LogP contribution in [0.3, 0.4) is 0 Å². The smallest absolute Gasteiger partial charge is 0.327 e. The highest BCUT2D eigenvalue weighted by Gasteiger charge is 2.23. The summed E-state index contributed by atoms with van der Waals surface area (Å²) in [4.78, 5) is 36.8. The van der Waals surface area contributed by atoms with Crippen LogP contribution >= 0.6 is 0 Å². The first-order chi connectivity index (χ1) is 17.8. The van der Waals surface area contributed by atoms with Crippen molar-refractivity contribution in [3.8, 4) is 0 Å². The summed E-state index contributed by atoms with van der Waals surface area (Å²) >= 11 is 0. The lowest BCUT2D eigenvalue weighted by Crippen LogP contribution is -2.47. The van der Waals surface area contributed by atoms with Gasteiger partial charge in [-0.15, -0.1) is 0 Å². The molecule has 0 radical (unpaired) electrons. The van der Waals surface area contributed by atoms with Crippen molar-refractivity contribution in [3.05, 3.63) is 59.9 Å². The molecule has 2 aliphatic heterocycles. The van der Waals surface area contributed by atoms with Crippen LogP contribution in [-0.2, 0) is 19.7 Å². The van der Waals surface area contributed by atoms with Gasteiger partial charge in [0.05, 0.1) is 23.5 Å². The Labute approximate surface area is 214 Å². The maximum absolute atomic E-state index is 14.8. The van der Waals surface area contributed by atoms with Gasteiger partial charge in [0, 0.05) is 37.8 Å². The first-order valence-electron chi connectivity index (χ1n) is 12.0. The molecular formula is C24H29FN6O5S. The van der Waals surface area contributed by atoms with Crippen molar-refractivity contribution >= 4 is 33.5 Å². The number of aliphatic imine (C=N–C) groups is 1. The fraction of sp³-hybridized carbons (Fsp3) is 0.375. The molecule has 2 aromatic carbocycles. The van der Waals surface area contributed by atoms with Crippen molar-refractivity contribution in [3.63, 3.8) is 0 Å². The SMILES string of the molecule is O=C(CCNC(=O)c1ccc(N2CCC(NC3=NCCN3)CC2)c(F)c1)ONS(=O)(=O)c1ccccc1. The van der Waals surface area contributed by atoms with Crippen molar-refractivity contribution in [2.24, 2.45) is 4.99 Å². The predicted molar refractivity (Wildman–Crippen MR) is 135 cm³/mol. The molecule has 37 heavy (non-hydrogen) atoms. The van der Waals surface area contributed by atoms with Crippen LogP contribution in [0.2, 0.25) is 0 Å². The van der Waals surface area contributed by atoms with E-state index in [1.54, 1.807) is 17.0 Å². The molecule has 0 bridgehead atoms. The quantitative estimate of drug-likeness (QED) is 0.349. The molecule has 1 amide bonds. The van der Waals surface area contributed by atoms with Crippen LogP contribution in [0, 0.1) is 5.82 Å². The Balaban J connectivity index is 1.20. The summed E-state index contributed by atoms with van der Waals surface area (Å²) < 4.78 is 38.9. The van der Waals surface area contributed by atoms with E-state index in [4.69, 9.17) is 0 Å². The molecule has 1 fully saturated rings. The Morgan fingerprint density at radius 1 is 1.14 bits per heavy atom. The topological polar surface area (TPSA) is 141 Å². The minimum absolute atomic E-state index is 0.0565. The van der Waals surface area contributed by atoms with Crippen LogP contribution in [0.4, 0.5) is 10.1 Å². The molecule has 0 atom stereocenters. The third-order valence-corrected chi connectivity index (χ3v) is 7.19. The third-order valence-electron chi connectivity index (χ3n) is 5.99. The first kappa shape index (κ1) is 26.4. The average molecular weight is 533 g/mol. The van der Waals surface area contributed by atoms with E-state index in [0.717, 1.165) is 31.9 Å². The first-order valence-corrected chi connectivity index (χ1v) is 13.4. The lowest BCUT2D eigenvalue weighted by Gasteiger charge is -2.34. The largest absolute Gasteiger partial charge is 0.369 e. The molecule has 4 rings (SSSR count). The van der Waals surface area contributed by atoms with Crippen LogP contribution in [0.5, 0.6) is 0 Å². The Morgan fingerprint density at radius 2 is 1.89 bits per heavy atom. The summed E-state index contributed by atoms with van der Waals surface area (Å²) in [7, 11) is -4.00. The zero-order chi connectivity index (χ0) is 26.3. The van der Waals surface area contributed by atoms with E-state index in [0.29, 0.717) is 18.8 Å². The highest BCUT2D eigenvalue weighted by molar-refractivity contribution is 7.89. The summed E-state index contributed by atoms with van der Waals surface area (Å²) in [5.41, 5.74) is 0.543. The van der Waals surface area contributed by atoms with E-state index in [-0.39, 0.29) is 29.5 Å².